The number of rotatable bonds is 7. The molecule has 3 heteroatoms. The van der Waals surface area contributed by atoms with Gasteiger partial charge in [0.2, 0.25) is 0 Å². The number of nitrogens with one attached hydrogen (secondary N) is 1. The van der Waals surface area contributed by atoms with Gasteiger partial charge in [0.1, 0.15) is 5.82 Å². The van der Waals surface area contributed by atoms with Crippen molar-refractivity contribution in [2.75, 3.05) is 6.54 Å². The minimum Gasteiger partial charge on any atom is -0.313 e. The lowest BCUT2D eigenvalue weighted by atomic mass is 9.79. The van der Waals surface area contributed by atoms with Crippen LogP contribution in [0.4, 0.5) is 4.39 Å². The van der Waals surface area contributed by atoms with E-state index in [1.807, 2.05) is 6.07 Å². The Kier molecular flexibility index (Phi) is 6.28. The Labute approximate surface area is 121 Å². The Morgan fingerprint density at radius 3 is 2.58 bits per heavy atom. The molecule has 0 bridgehead atoms. The Morgan fingerprint density at radius 2 is 2.00 bits per heavy atom. The van der Waals surface area contributed by atoms with E-state index in [9.17, 15) is 4.39 Å². The minimum absolute atomic E-state index is 0.158. The van der Waals surface area contributed by atoms with Crippen LogP contribution in [-0.2, 0) is 6.42 Å². The lowest BCUT2D eigenvalue weighted by molar-refractivity contribution is 0.230. The van der Waals surface area contributed by atoms with Crippen molar-refractivity contribution in [1.82, 2.24) is 5.32 Å². The standard InChI is InChI=1S/C16H25ClFN/c1-5-10-19-14(16(3,4)6-2)11-12-8-7-9-13(18)15(12)17/h7-9,14,19H,5-6,10-11H2,1-4H3. The van der Waals surface area contributed by atoms with Crippen LogP contribution in [0, 0.1) is 11.2 Å². The fourth-order valence-electron chi connectivity index (χ4n) is 2.12. The zero-order valence-electron chi connectivity index (χ0n) is 12.4. The SMILES string of the molecule is CCCNC(Cc1cccc(F)c1Cl)C(C)(C)CC. The highest BCUT2D eigenvalue weighted by Gasteiger charge is 2.28. The van der Waals surface area contributed by atoms with E-state index in [1.54, 1.807) is 6.07 Å². The summed E-state index contributed by atoms with van der Waals surface area (Å²) in [5, 5.41) is 3.84. The van der Waals surface area contributed by atoms with Gasteiger partial charge < -0.3 is 5.32 Å². The van der Waals surface area contributed by atoms with E-state index in [2.05, 4.69) is 33.0 Å². The van der Waals surface area contributed by atoms with Gasteiger partial charge in [0.15, 0.2) is 0 Å². The zero-order valence-corrected chi connectivity index (χ0v) is 13.1. The molecule has 1 aromatic carbocycles. The number of benzene rings is 1. The molecule has 0 saturated carbocycles. The van der Waals surface area contributed by atoms with E-state index in [0.29, 0.717) is 6.04 Å². The highest BCUT2D eigenvalue weighted by Crippen LogP contribution is 2.30. The van der Waals surface area contributed by atoms with Crippen LogP contribution in [0.2, 0.25) is 5.02 Å². The minimum atomic E-state index is -0.331. The summed E-state index contributed by atoms with van der Waals surface area (Å²) in [7, 11) is 0. The Morgan fingerprint density at radius 1 is 1.32 bits per heavy atom. The molecule has 0 aliphatic carbocycles. The molecular weight excluding hydrogens is 261 g/mol. The first-order valence-corrected chi connectivity index (χ1v) is 7.46. The molecule has 108 valence electrons. The van der Waals surface area contributed by atoms with Crippen molar-refractivity contribution in [3.05, 3.63) is 34.6 Å². The summed E-state index contributed by atoms with van der Waals surface area (Å²) in [4.78, 5) is 0. The molecule has 0 aromatic heterocycles. The molecule has 19 heavy (non-hydrogen) atoms. The number of halogens is 2. The molecule has 1 rings (SSSR count). The Balaban J connectivity index is 2.91. The van der Waals surface area contributed by atoms with E-state index >= 15 is 0 Å². The summed E-state index contributed by atoms with van der Waals surface area (Å²) in [6.45, 7) is 9.80. The molecule has 0 amide bonds. The first-order chi connectivity index (χ1) is 8.92. The van der Waals surface area contributed by atoms with Gasteiger partial charge in [0.05, 0.1) is 5.02 Å². The fourth-order valence-corrected chi connectivity index (χ4v) is 2.32. The van der Waals surface area contributed by atoms with Crippen LogP contribution in [0.5, 0.6) is 0 Å². The van der Waals surface area contributed by atoms with Crippen molar-refractivity contribution in [3.8, 4) is 0 Å². The molecule has 1 unspecified atom stereocenters. The van der Waals surface area contributed by atoms with Gasteiger partial charge in [-0.3, -0.25) is 0 Å². The lowest BCUT2D eigenvalue weighted by Crippen LogP contribution is -2.43. The predicted molar refractivity (Wildman–Crippen MR) is 81.3 cm³/mol. The number of hydrogen-bond acceptors (Lipinski definition) is 1. The van der Waals surface area contributed by atoms with Crippen LogP contribution >= 0.6 is 11.6 Å². The first-order valence-electron chi connectivity index (χ1n) is 7.08. The summed E-state index contributed by atoms with van der Waals surface area (Å²) in [5.41, 5.74) is 1.04. The molecule has 1 aromatic rings. The Bertz CT molecular complexity index is 404. The number of hydrogen-bond donors (Lipinski definition) is 1. The summed E-state index contributed by atoms with van der Waals surface area (Å²) in [6.07, 6.45) is 2.92. The van der Waals surface area contributed by atoms with Crippen molar-refractivity contribution in [2.45, 2.75) is 53.0 Å². The van der Waals surface area contributed by atoms with Gasteiger partial charge in [0, 0.05) is 6.04 Å². The second-order valence-electron chi connectivity index (χ2n) is 5.77. The normalized spacial score (nSPS) is 13.6. The summed E-state index contributed by atoms with van der Waals surface area (Å²) >= 11 is 6.06. The van der Waals surface area contributed by atoms with E-state index in [-0.39, 0.29) is 16.3 Å². The summed E-state index contributed by atoms with van der Waals surface area (Å²) in [5.74, 6) is -0.331. The van der Waals surface area contributed by atoms with Crippen molar-refractivity contribution >= 4 is 11.6 Å². The lowest BCUT2D eigenvalue weighted by Gasteiger charge is -2.35. The van der Waals surface area contributed by atoms with Gasteiger partial charge in [-0.05, 0) is 42.9 Å². The van der Waals surface area contributed by atoms with Crippen LogP contribution in [0.15, 0.2) is 18.2 Å². The van der Waals surface area contributed by atoms with Gasteiger partial charge in [-0.1, -0.05) is 51.4 Å². The van der Waals surface area contributed by atoms with Gasteiger partial charge in [0.25, 0.3) is 0 Å². The van der Waals surface area contributed by atoms with E-state index in [0.717, 1.165) is 31.4 Å². The molecule has 1 N–H and O–H groups in total. The van der Waals surface area contributed by atoms with Crippen molar-refractivity contribution in [2.24, 2.45) is 5.41 Å². The molecule has 0 aliphatic rings. The molecule has 0 saturated heterocycles. The molecule has 1 atom stereocenters. The monoisotopic (exact) mass is 285 g/mol. The average molecular weight is 286 g/mol. The molecule has 0 aliphatic heterocycles. The molecule has 1 nitrogen and oxygen atoms in total. The third-order valence-corrected chi connectivity index (χ3v) is 4.37. The highest BCUT2D eigenvalue weighted by atomic mass is 35.5. The van der Waals surface area contributed by atoms with Gasteiger partial charge in [-0.15, -0.1) is 0 Å². The first kappa shape index (κ1) is 16.5. The molecule has 0 radical (unpaired) electrons. The maximum absolute atomic E-state index is 13.5. The third-order valence-electron chi connectivity index (χ3n) is 3.95. The quantitative estimate of drug-likeness (QED) is 0.757. The topological polar surface area (TPSA) is 12.0 Å². The van der Waals surface area contributed by atoms with Crippen molar-refractivity contribution < 1.29 is 4.39 Å². The van der Waals surface area contributed by atoms with Crippen molar-refractivity contribution in [1.29, 1.82) is 0 Å². The second-order valence-corrected chi connectivity index (χ2v) is 6.14. The Hall–Kier alpha value is -0.600. The van der Waals surface area contributed by atoms with Gasteiger partial charge in [-0.25, -0.2) is 4.39 Å². The molecule has 0 fully saturated rings. The molecular formula is C16H25ClFN. The third kappa shape index (κ3) is 4.47. The fraction of sp³-hybridized carbons (Fsp3) is 0.625. The van der Waals surface area contributed by atoms with Gasteiger partial charge >= 0.3 is 0 Å². The molecule has 0 heterocycles. The van der Waals surface area contributed by atoms with Crippen LogP contribution < -0.4 is 5.32 Å². The maximum atomic E-state index is 13.5. The molecule has 0 spiro atoms. The van der Waals surface area contributed by atoms with Gasteiger partial charge in [-0.2, -0.15) is 0 Å². The van der Waals surface area contributed by atoms with Crippen LogP contribution in [0.1, 0.15) is 46.1 Å². The maximum Gasteiger partial charge on any atom is 0.142 e. The summed E-state index contributed by atoms with van der Waals surface area (Å²) < 4.78 is 13.5. The van der Waals surface area contributed by atoms with Crippen LogP contribution in [0.25, 0.3) is 0 Å². The zero-order chi connectivity index (χ0) is 14.5. The van der Waals surface area contributed by atoms with E-state index in [1.165, 1.54) is 6.07 Å². The van der Waals surface area contributed by atoms with E-state index < -0.39 is 0 Å². The average Bonchev–Trinajstić information content (AvgIpc) is 2.39. The van der Waals surface area contributed by atoms with Crippen molar-refractivity contribution in [3.63, 3.8) is 0 Å². The predicted octanol–water partition coefficient (Wildman–Crippen LogP) is 4.83. The van der Waals surface area contributed by atoms with Crippen LogP contribution in [-0.4, -0.2) is 12.6 Å². The highest BCUT2D eigenvalue weighted by molar-refractivity contribution is 6.31. The summed E-state index contributed by atoms with van der Waals surface area (Å²) in [6, 6.07) is 5.35. The largest absolute Gasteiger partial charge is 0.313 e. The smallest absolute Gasteiger partial charge is 0.142 e. The van der Waals surface area contributed by atoms with Crippen LogP contribution in [0.3, 0.4) is 0 Å². The van der Waals surface area contributed by atoms with E-state index in [4.69, 9.17) is 11.6 Å². The second kappa shape index (κ2) is 7.25.